The van der Waals surface area contributed by atoms with Crippen molar-refractivity contribution in [2.75, 3.05) is 0 Å². The molecule has 1 unspecified atom stereocenters. The van der Waals surface area contributed by atoms with Gasteiger partial charge in [-0.25, -0.2) is 0 Å². The van der Waals surface area contributed by atoms with Crippen molar-refractivity contribution in [1.29, 1.82) is 0 Å². The van der Waals surface area contributed by atoms with E-state index in [1.807, 2.05) is 6.92 Å². The molecular formula is C10H15NSe. The van der Waals surface area contributed by atoms with E-state index in [1.165, 1.54) is 15.3 Å². The van der Waals surface area contributed by atoms with Crippen molar-refractivity contribution >= 4 is 19.4 Å². The Hall–Kier alpha value is -0.301. The summed E-state index contributed by atoms with van der Waals surface area (Å²) < 4.78 is 1.47. The Labute approximate surface area is 80.5 Å². The molecular weight excluding hydrogens is 213 g/mol. The van der Waals surface area contributed by atoms with Crippen molar-refractivity contribution < 1.29 is 0 Å². The Morgan fingerprint density at radius 3 is 2.33 bits per heavy atom. The van der Waals surface area contributed by atoms with Crippen LogP contribution < -0.4 is 10.2 Å². The fourth-order valence-electron chi connectivity index (χ4n) is 1.03. The fraction of sp³-hybridized carbons (Fsp3) is 0.400. The third kappa shape index (κ3) is 2.63. The molecule has 0 bridgehead atoms. The first-order chi connectivity index (χ1) is 5.74. The Balaban J connectivity index is 2.71. The van der Waals surface area contributed by atoms with Crippen LogP contribution in [0.1, 0.15) is 25.5 Å². The summed E-state index contributed by atoms with van der Waals surface area (Å²) in [6.07, 6.45) is 0. The second kappa shape index (κ2) is 4.66. The van der Waals surface area contributed by atoms with Crippen molar-refractivity contribution in [3.05, 3.63) is 29.8 Å². The maximum atomic E-state index is 5.74. The fourth-order valence-corrected chi connectivity index (χ4v) is 2.42. The molecule has 0 saturated heterocycles. The number of nitrogens with two attached hydrogens (primary N) is 1. The van der Waals surface area contributed by atoms with Gasteiger partial charge < -0.3 is 0 Å². The summed E-state index contributed by atoms with van der Waals surface area (Å²) in [6, 6.07) is 8.83. The average molecular weight is 228 g/mol. The van der Waals surface area contributed by atoms with E-state index in [-0.39, 0.29) is 6.04 Å². The van der Waals surface area contributed by atoms with Gasteiger partial charge in [0, 0.05) is 0 Å². The Morgan fingerprint density at radius 1 is 1.33 bits per heavy atom. The first-order valence-electron chi connectivity index (χ1n) is 4.22. The van der Waals surface area contributed by atoms with Crippen LogP contribution in [0, 0.1) is 0 Å². The second-order valence-electron chi connectivity index (χ2n) is 2.79. The van der Waals surface area contributed by atoms with Crippen LogP contribution in [-0.4, -0.2) is 15.0 Å². The summed E-state index contributed by atoms with van der Waals surface area (Å²) in [5, 5.41) is 1.27. The van der Waals surface area contributed by atoms with Crippen molar-refractivity contribution in [3.63, 3.8) is 0 Å². The van der Waals surface area contributed by atoms with Gasteiger partial charge in [-0.15, -0.1) is 0 Å². The molecule has 2 heteroatoms. The average Bonchev–Trinajstić information content (AvgIpc) is 2.06. The van der Waals surface area contributed by atoms with E-state index in [0.717, 1.165) is 0 Å². The molecule has 1 aromatic carbocycles. The molecule has 2 N–H and O–H groups in total. The van der Waals surface area contributed by atoms with E-state index in [4.69, 9.17) is 5.73 Å². The third-order valence-electron chi connectivity index (χ3n) is 1.72. The predicted octanol–water partition coefficient (Wildman–Crippen LogP) is 1.47. The molecule has 0 aliphatic carbocycles. The zero-order valence-corrected chi connectivity index (χ0v) is 9.29. The summed E-state index contributed by atoms with van der Waals surface area (Å²) in [4.78, 5) is 0. The standard InChI is InChI=1S/C10H15NSe/c1-3-12-10-6-4-9(5-7-10)8(2)11/h4-8H,3,11H2,1-2H3. The monoisotopic (exact) mass is 229 g/mol. The quantitative estimate of drug-likeness (QED) is 0.779. The second-order valence-corrected chi connectivity index (χ2v) is 5.60. The Morgan fingerprint density at radius 2 is 1.92 bits per heavy atom. The molecule has 0 aromatic heterocycles. The van der Waals surface area contributed by atoms with Crippen LogP contribution in [0.25, 0.3) is 0 Å². The maximum absolute atomic E-state index is 5.74. The molecule has 0 aliphatic rings. The topological polar surface area (TPSA) is 26.0 Å². The van der Waals surface area contributed by atoms with E-state index in [2.05, 4.69) is 31.2 Å². The molecule has 1 nitrogen and oxygen atoms in total. The molecule has 0 spiro atoms. The molecule has 0 heterocycles. The number of benzene rings is 1. The molecule has 0 amide bonds. The summed E-state index contributed by atoms with van der Waals surface area (Å²) >= 11 is 0.649. The third-order valence-corrected chi connectivity index (χ3v) is 3.59. The first-order valence-corrected chi connectivity index (χ1v) is 6.29. The van der Waals surface area contributed by atoms with Crippen LogP contribution in [0.15, 0.2) is 24.3 Å². The molecule has 0 fully saturated rings. The van der Waals surface area contributed by atoms with E-state index < -0.39 is 0 Å². The molecule has 0 saturated carbocycles. The van der Waals surface area contributed by atoms with Gasteiger partial charge in [0.05, 0.1) is 0 Å². The van der Waals surface area contributed by atoms with Crippen LogP contribution >= 0.6 is 0 Å². The zero-order valence-electron chi connectivity index (χ0n) is 7.58. The van der Waals surface area contributed by atoms with Crippen LogP contribution in [0.2, 0.25) is 5.32 Å². The normalized spacial score (nSPS) is 12.9. The van der Waals surface area contributed by atoms with Gasteiger partial charge in [0.25, 0.3) is 0 Å². The Bertz CT molecular complexity index is 228. The minimum atomic E-state index is 0.160. The number of hydrogen-bond acceptors (Lipinski definition) is 1. The van der Waals surface area contributed by atoms with Gasteiger partial charge in [-0.3, -0.25) is 0 Å². The Kier molecular flexibility index (Phi) is 3.80. The van der Waals surface area contributed by atoms with Crippen LogP contribution in [0.3, 0.4) is 0 Å². The van der Waals surface area contributed by atoms with Crippen molar-refractivity contribution in [1.82, 2.24) is 0 Å². The van der Waals surface area contributed by atoms with E-state index in [9.17, 15) is 0 Å². The van der Waals surface area contributed by atoms with Gasteiger partial charge in [0.1, 0.15) is 0 Å². The molecule has 0 radical (unpaired) electrons. The van der Waals surface area contributed by atoms with E-state index >= 15 is 0 Å². The van der Waals surface area contributed by atoms with Crippen molar-refractivity contribution in [2.24, 2.45) is 5.73 Å². The van der Waals surface area contributed by atoms with E-state index in [1.54, 1.807) is 0 Å². The summed E-state index contributed by atoms with van der Waals surface area (Å²) in [6.45, 7) is 4.24. The van der Waals surface area contributed by atoms with Crippen molar-refractivity contribution in [2.45, 2.75) is 25.2 Å². The first kappa shape index (κ1) is 9.78. The van der Waals surface area contributed by atoms with E-state index in [0.29, 0.717) is 15.0 Å². The molecule has 1 rings (SSSR count). The van der Waals surface area contributed by atoms with Gasteiger partial charge >= 0.3 is 80.2 Å². The van der Waals surface area contributed by atoms with Crippen molar-refractivity contribution in [3.8, 4) is 0 Å². The number of hydrogen-bond donors (Lipinski definition) is 1. The van der Waals surface area contributed by atoms with Crippen LogP contribution in [0.4, 0.5) is 0 Å². The van der Waals surface area contributed by atoms with Crippen LogP contribution in [0.5, 0.6) is 0 Å². The minimum absolute atomic E-state index is 0.160. The van der Waals surface area contributed by atoms with Gasteiger partial charge in [-0.2, -0.15) is 0 Å². The molecule has 66 valence electrons. The molecule has 0 aliphatic heterocycles. The summed E-state index contributed by atoms with van der Waals surface area (Å²) in [7, 11) is 0. The molecule has 12 heavy (non-hydrogen) atoms. The summed E-state index contributed by atoms with van der Waals surface area (Å²) in [5.41, 5.74) is 6.97. The summed E-state index contributed by atoms with van der Waals surface area (Å²) in [5.74, 6) is 0. The van der Waals surface area contributed by atoms with Gasteiger partial charge in [-0.05, 0) is 0 Å². The SMILES string of the molecule is CC[Se]c1ccc(C(C)N)cc1. The molecule has 1 aromatic rings. The van der Waals surface area contributed by atoms with Gasteiger partial charge in [0.2, 0.25) is 0 Å². The number of rotatable bonds is 3. The van der Waals surface area contributed by atoms with Crippen LogP contribution in [-0.2, 0) is 0 Å². The zero-order chi connectivity index (χ0) is 8.97. The predicted molar refractivity (Wildman–Crippen MR) is 54.9 cm³/mol. The molecule has 1 atom stereocenters. The van der Waals surface area contributed by atoms with Gasteiger partial charge in [0.15, 0.2) is 0 Å². The van der Waals surface area contributed by atoms with Gasteiger partial charge in [-0.1, -0.05) is 0 Å².